The Morgan fingerprint density at radius 3 is 2.13 bits per heavy atom. The smallest absolute Gasteiger partial charge is 0.0110 e. The molecule has 1 aliphatic heterocycles. The normalized spacial score (nSPS) is 20.0. The van der Waals surface area contributed by atoms with Crippen LogP contribution >= 0.6 is 0 Å². The zero-order valence-corrected chi connectivity index (χ0v) is 10.7. The summed E-state index contributed by atoms with van der Waals surface area (Å²) in [6.45, 7) is 14.4. The highest BCUT2D eigenvalue weighted by Gasteiger charge is 2.12. The molecule has 0 bridgehead atoms. The molecule has 3 nitrogen and oxygen atoms in total. The Kier molecular flexibility index (Phi) is 6.22. The van der Waals surface area contributed by atoms with Gasteiger partial charge in [-0.05, 0) is 39.6 Å². The van der Waals surface area contributed by atoms with Crippen LogP contribution in [0.2, 0.25) is 0 Å². The summed E-state index contributed by atoms with van der Waals surface area (Å²) in [6, 6.07) is 0. The third-order valence-electron chi connectivity index (χ3n) is 3.44. The standard InChI is InChI=1S/C12H27N3/c1-4-14(5-2)7-6-8-15-11-9-13(3)10-12-15/h4-12H2,1-3H3. The molecule has 0 aromatic heterocycles. The van der Waals surface area contributed by atoms with Gasteiger partial charge >= 0.3 is 0 Å². The summed E-state index contributed by atoms with van der Waals surface area (Å²) in [5.74, 6) is 0. The van der Waals surface area contributed by atoms with E-state index in [0.717, 1.165) is 0 Å². The summed E-state index contributed by atoms with van der Waals surface area (Å²) in [4.78, 5) is 7.53. The van der Waals surface area contributed by atoms with E-state index in [4.69, 9.17) is 0 Å². The second-order valence-electron chi connectivity index (χ2n) is 4.53. The van der Waals surface area contributed by atoms with Gasteiger partial charge < -0.3 is 14.7 Å². The van der Waals surface area contributed by atoms with Gasteiger partial charge in [0.25, 0.3) is 0 Å². The lowest BCUT2D eigenvalue weighted by atomic mass is 10.3. The SMILES string of the molecule is CCN(CC)CCCN1CCN(C)CC1. The van der Waals surface area contributed by atoms with E-state index in [0.29, 0.717) is 0 Å². The molecular formula is C12H27N3. The van der Waals surface area contributed by atoms with Gasteiger partial charge in [0, 0.05) is 26.2 Å². The second-order valence-corrected chi connectivity index (χ2v) is 4.53. The first-order valence-electron chi connectivity index (χ1n) is 6.39. The van der Waals surface area contributed by atoms with E-state index in [9.17, 15) is 0 Å². The van der Waals surface area contributed by atoms with Gasteiger partial charge in [0.15, 0.2) is 0 Å². The van der Waals surface area contributed by atoms with E-state index >= 15 is 0 Å². The van der Waals surface area contributed by atoms with E-state index < -0.39 is 0 Å². The molecular weight excluding hydrogens is 186 g/mol. The van der Waals surface area contributed by atoms with Crippen molar-refractivity contribution in [3.63, 3.8) is 0 Å². The van der Waals surface area contributed by atoms with Crippen LogP contribution in [-0.4, -0.2) is 74.1 Å². The summed E-state index contributed by atoms with van der Waals surface area (Å²) in [5, 5.41) is 0. The van der Waals surface area contributed by atoms with Gasteiger partial charge in [0.05, 0.1) is 0 Å². The maximum Gasteiger partial charge on any atom is 0.0110 e. The number of nitrogens with zero attached hydrogens (tertiary/aromatic N) is 3. The summed E-state index contributed by atoms with van der Waals surface area (Å²) in [5.41, 5.74) is 0. The van der Waals surface area contributed by atoms with Crippen LogP contribution in [0.1, 0.15) is 20.3 Å². The lowest BCUT2D eigenvalue weighted by molar-refractivity contribution is 0.147. The van der Waals surface area contributed by atoms with Gasteiger partial charge in [-0.2, -0.15) is 0 Å². The number of hydrogen-bond acceptors (Lipinski definition) is 3. The topological polar surface area (TPSA) is 9.72 Å². The molecule has 0 radical (unpaired) electrons. The molecule has 0 aromatic rings. The first-order chi connectivity index (χ1) is 7.26. The third-order valence-corrected chi connectivity index (χ3v) is 3.44. The highest BCUT2D eigenvalue weighted by Crippen LogP contribution is 2.00. The second kappa shape index (κ2) is 7.20. The van der Waals surface area contributed by atoms with Crippen LogP contribution < -0.4 is 0 Å². The molecule has 15 heavy (non-hydrogen) atoms. The first-order valence-corrected chi connectivity index (χ1v) is 6.39. The predicted molar refractivity (Wildman–Crippen MR) is 66.3 cm³/mol. The zero-order chi connectivity index (χ0) is 11.1. The molecule has 1 aliphatic rings. The maximum atomic E-state index is 2.60. The molecule has 0 spiro atoms. The van der Waals surface area contributed by atoms with Crippen molar-refractivity contribution in [3.05, 3.63) is 0 Å². The Morgan fingerprint density at radius 2 is 1.60 bits per heavy atom. The molecule has 1 rings (SSSR count). The van der Waals surface area contributed by atoms with Gasteiger partial charge in [0.1, 0.15) is 0 Å². The minimum Gasteiger partial charge on any atom is -0.304 e. The van der Waals surface area contributed by atoms with Crippen molar-refractivity contribution in [1.82, 2.24) is 14.7 Å². The molecule has 1 fully saturated rings. The number of piperazine rings is 1. The van der Waals surface area contributed by atoms with E-state index in [1.165, 1.54) is 58.8 Å². The van der Waals surface area contributed by atoms with Crippen LogP contribution in [-0.2, 0) is 0 Å². The van der Waals surface area contributed by atoms with Gasteiger partial charge in [-0.25, -0.2) is 0 Å². The molecule has 0 amide bonds. The Balaban J connectivity index is 2.04. The number of likely N-dealkylation sites (N-methyl/N-ethyl adjacent to an activating group) is 1. The molecule has 3 heteroatoms. The summed E-state index contributed by atoms with van der Waals surface area (Å²) < 4.78 is 0. The molecule has 0 aromatic carbocycles. The van der Waals surface area contributed by atoms with Crippen molar-refractivity contribution in [3.8, 4) is 0 Å². The average Bonchev–Trinajstić information content (AvgIpc) is 2.27. The molecule has 0 aliphatic carbocycles. The lowest BCUT2D eigenvalue weighted by Gasteiger charge is -2.32. The van der Waals surface area contributed by atoms with E-state index in [1.54, 1.807) is 0 Å². The Labute approximate surface area is 95.0 Å². The third kappa shape index (κ3) is 4.96. The first kappa shape index (κ1) is 12.9. The average molecular weight is 213 g/mol. The van der Waals surface area contributed by atoms with E-state index in [-0.39, 0.29) is 0 Å². The largest absolute Gasteiger partial charge is 0.304 e. The van der Waals surface area contributed by atoms with Gasteiger partial charge in [0.2, 0.25) is 0 Å². The van der Waals surface area contributed by atoms with Crippen LogP contribution in [0.15, 0.2) is 0 Å². The Hall–Kier alpha value is -0.120. The fraction of sp³-hybridized carbons (Fsp3) is 1.00. The fourth-order valence-corrected chi connectivity index (χ4v) is 2.13. The highest BCUT2D eigenvalue weighted by molar-refractivity contribution is 4.69. The molecule has 0 unspecified atom stereocenters. The van der Waals surface area contributed by atoms with Crippen molar-refractivity contribution < 1.29 is 0 Å². The van der Waals surface area contributed by atoms with Crippen molar-refractivity contribution in [2.45, 2.75) is 20.3 Å². The highest BCUT2D eigenvalue weighted by atomic mass is 15.2. The minimum absolute atomic E-state index is 1.19. The van der Waals surface area contributed by atoms with Crippen molar-refractivity contribution in [2.24, 2.45) is 0 Å². The van der Waals surface area contributed by atoms with Gasteiger partial charge in [-0.1, -0.05) is 13.8 Å². The van der Waals surface area contributed by atoms with Crippen LogP contribution in [0.5, 0.6) is 0 Å². The fourth-order valence-electron chi connectivity index (χ4n) is 2.13. The van der Waals surface area contributed by atoms with Gasteiger partial charge in [-0.15, -0.1) is 0 Å². The van der Waals surface area contributed by atoms with Gasteiger partial charge in [-0.3, -0.25) is 0 Å². The monoisotopic (exact) mass is 213 g/mol. The van der Waals surface area contributed by atoms with Crippen LogP contribution in [0.4, 0.5) is 0 Å². The van der Waals surface area contributed by atoms with Crippen molar-refractivity contribution >= 4 is 0 Å². The van der Waals surface area contributed by atoms with Crippen LogP contribution in [0.3, 0.4) is 0 Å². The number of rotatable bonds is 6. The van der Waals surface area contributed by atoms with Crippen LogP contribution in [0.25, 0.3) is 0 Å². The molecule has 90 valence electrons. The molecule has 0 N–H and O–H groups in total. The molecule has 0 atom stereocenters. The lowest BCUT2D eigenvalue weighted by Crippen LogP contribution is -2.45. The Bertz CT molecular complexity index is 149. The molecule has 0 saturated carbocycles. The van der Waals surface area contributed by atoms with E-state index in [2.05, 4.69) is 35.6 Å². The van der Waals surface area contributed by atoms with Crippen molar-refractivity contribution in [1.29, 1.82) is 0 Å². The summed E-state index contributed by atoms with van der Waals surface area (Å²) >= 11 is 0. The minimum atomic E-state index is 1.19. The molecule has 1 saturated heterocycles. The quantitative estimate of drug-likeness (QED) is 0.651. The zero-order valence-electron chi connectivity index (χ0n) is 10.7. The van der Waals surface area contributed by atoms with Crippen LogP contribution in [0, 0.1) is 0 Å². The number of hydrogen-bond donors (Lipinski definition) is 0. The predicted octanol–water partition coefficient (Wildman–Crippen LogP) is 0.966. The summed E-state index contributed by atoms with van der Waals surface area (Å²) in [6.07, 6.45) is 1.32. The molecule has 1 heterocycles. The Morgan fingerprint density at radius 1 is 1.00 bits per heavy atom. The van der Waals surface area contributed by atoms with E-state index in [1.807, 2.05) is 0 Å². The van der Waals surface area contributed by atoms with Crippen molar-refractivity contribution in [2.75, 3.05) is 59.4 Å². The summed E-state index contributed by atoms with van der Waals surface area (Å²) in [7, 11) is 2.22. The maximum absolute atomic E-state index is 2.60.